The van der Waals surface area contributed by atoms with Crippen molar-refractivity contribution in [1.82, 2.24) is 9.38 Å². The van der Waals surface area contributed by atoms with E-state index in [1.54, 1.807) is 47.0 Å². The third kappa shape index (κ3) is 3.04. The number of benzene rings is 2. The van der Waals surface area contributed by atoms with Crippen LogP contribution in [0.5, 0.6) is 0 Å². The van der Waals surface area contributed by atoms with Crippen LogP contribution in [0.25, 0.3) is 16.9 Å². The summed E-state index contributed by atoms with van der Waals surface area (Å²) in [6.45, 7) is 0. The van der Waals surface area contributed by atoms with Gasteiger partial charge in [-0.2, -0.15) is 5.26 Å². The molecule has 130 valence electrons. The highest BCUT2D eigenvalue weighted by molar-refractivity contribution is 5.74. The molecule has 5 nitrogen and oxygen atoms in total. The minimum atomic E-state index is -0.970. The summed E-state index contributed by atoms with van der Waals surface area (Å²) in [6, 6.07) is 17.8. The second-order valence-electron chi connectivity index (χ2n) is 5.67. The van der Waals surface area contributed by atoms with Crippen molar-refractivity contribution in [3.63, 3.8) is 0 Å². The van der Waals surface area contributed by atoms with Crippen molar-refractivity contribution in [2.45, 2.75) is 0 Å². The first-order valence-corrected chi connectivity index (χ1v) is 8.01. The van der Waals surface area contributed by atoms with Crippen molar-refractivity contribution in [3.05, 3.63) is 84.1 Å². The topological polar surface area (TPSA) is 65.8 Å². The molecule has 2 heterocycles. The van der Waals surface area contributed by atoms with Gasteiger partial charge in [-0.1, -0.05) is 18.2 Å². The van der Waals surface area contributed by atoms with Gasteiger partial charge in [0.2, 0.25) is 0 Å². The molecule has 7 heteroatoms. The molecule has 4 aromatic rings. The Hall–Kier alpha value is -3.92. The lowest BCUT2D eigenvalue weighted by Gasteiger charge is -2.01. The Morgan fingerprint density at radius 3 is 2.56 bits per heavy atom. The molecule has 0 spiro atoms. The van der Waals surface area contributed by atoms with E-state index < -0.39 is 11.6 Å². The van der Waals surface area contributed by atoms with Crippen LogP contribution in [0.4, 0.5) is 20.3 Å². The number of hydrogen-bond donors (Lipinski definition) is 0. The molecule has 0 atom stereocenters. The quantitative estimate of drug-likeness (QED) is 0.449. The Balaban J connectivity index is 1.90. The predicted molar refractivity (Wildman–Crippen MR) is 95.9 cm³/mol. The lowest BCUT2D eigenvalue weighted by atomic mass is 10.1. The molecule has 0 radical (unpaired) electrons. The van der Waals surface area contributed by atoms with Crippen LogP contribution in [0.3, 0.4) is 0 Å². The number of halogens is 2. The van der Waals surface area contributed by atoms with E-state index in [0.717, 1.165) is 12.1 Å². The maximum absolute atomic E-state index is 13.7. The second kappa shape index (κ2) is 6.77. The first kappa shape index (κ1) is 16.5. The summed E-state index contributed by atoms with van der Waals surface area (Å²) in [6.07, 6.45) is 1.75. The molecular formula is C20H11F2N5. The highest BCUT2D eigenvalue weighted by Gasteiger charge is 2.15. The van der Waals surface area contributed by atoms with Gasteiger partial charge < -0.3 is 0 Å². The highest BCUT2D eigenvalue weighted by atomic mass is 19.2. The molecule has 0 aliphatic heterocycles. The van der Waals surface area contributed by atoms with E-state index in [-0.39, 0.29) is 0 Å². The lowest BCUT2D eigenvalue weighted by molar-refractivity contribution is 0.509. The molecule has 0 unspecified atom stereocenters. The third-order valence-corrected chi connectivity index (χ3v) is 3.97. The van der Waals surface area contributed by atoms with Gasteiger partial charge in [0, 0.05) is 11.8 Å². The van der Waals surface area contributed by atoms with Crippen molar-refractivity contribution in [2.75, 3.05) is 0 Å². The van der Waals surface area contributed by atoms with E-state index in [9.17, 15) is 14.0 Å². The number of imidazole rings is 1. The number of rotatable bonds is 3. The summed E-state index contributed by atoms with van der Waals surface area (Å²) in [4.78, 5) is 4.46. The Labute approximate surface area is 152 Å². The first-order valence-electron chi connectivity index (χ1n) is 8.01. The molecule has 0 bridgehead atoms. The fraction of sp³-hybridized carbons (Fsp3) is 0. The van der Waals surface area contributed by atoms with Gasteiger partial charge in [0.05, 0.1) is 5.56 Å². The number of hydrogen-bond acceptors (Lipinski definition) is 4. The number of azo groups is 1. The second-order valence-corrected chi connectivity index (χ2v) is 5.67. The number of fused-ring (bicyclic) bond motifs is 1. The van der Waals surface area contributed by atoms with Gasteiger partial charge in [-0.15, -0.1) is 10.2 Å². The minimum Gasteiger partial charge on any atom is -0.283 e. The van der Waals surface area contributed by atoms with Gasteiger partial charge in [0.25, 0.3) is 0 Å². The van der Waals surface area contributed by atoms with E-state index in [0.29, 0.717) is 34.0 Å². The van der Waals surface area contributed by atoms with Gasteiger partial charge in [-0.25, -0.2) is 13.8 Å². The van der Waals surface area contributed by atoms with E-state index >= 15 is 0 Å². The summed E-state index contributed by atoms with van der Waals surface area (Å²) < 4.78 is 28.7. The van der Waals surface area contributed by atoms with Crippen LogP contribution in [0, 0.1) is 23.0 Å². The minimum absolute atomic E-state index is 0.351. The third-order valence-electron chi connectivity index (χ3n) is 3.97. The summed E-state index contributed by atoms with van der Waals surface area (Å²) in [5.74, 6) is -1.56. The maximum Gasteiger partial charge on any atom is 0.187 e. The van der Waals surface area contributed by atoms with Crippen molar-refractivity contribution >= 4 is 17.2 Å². The van der Waals surface area contributed by atoms with Crippen molar-refractivity contribution < 1.29 is 8.78 Å². The van der Waals surface area contributed by atoms with Crippen LogP contribution in [0.1, 0.15) is 5.56 Å². The molecule has 0 saturated heterocycles. The van der Waals surface area contributed by atoms with E-state index in [4.69, 9.17) is 0 Å². The fourth-order valence-corrected chi connectivity index (χ4v) is 2.67. The maximum atomic E-state index is 13.7. The van der Waals surface area contributed by atoms with Gasteiger partial charge in [-0.3, -0.25) is 4.40 Å². The molecule has 0 fully saturated rings. The molecule has 2 aromatic carbocycles. The monoisotopic (exact) mass is 359 g/mol. The molecular weight excluding hydrogens is 348 g/mol. The molecule has 0 aliphatic carbocycles. The van der Waals surface area contributed by atoms with E-state index in [2.05, 4.69) is 21.3 Å². The van der Waals surface area contributed by atoms with E-state index in [1.807, 2.05) is 6.07 Å². The Bertz CT molecular complexity index is 1220. The summed E-state index contributed by atoms with van der Waals surface area (Å²) in [5, 5.41) is 17.6. The summed E-state index contributed by atoms with van der Waals surface area (Å²) in [5.41, 5.74) is 2.10. The van der Waals surface area contributed by atoms with Gasteiger partial charge in [-0.05, 0) is 42.5 Å². The SMILES string of the molecule is N#Cc1ccccc1N=Nc1c(-c2ccc(F)c(F)c2)nc2ccccn12. The normalized spacial score (nSPS) is 11.1. The van der Waals surface area contributed by atoms with Gasteiger partial charge in [0.15, 0.2) is 17.5 Å². The number of pyridine rings is 1. The smallest absolute Gasteiger partial charge is 0.187 e. The summed E-state index contributed by atoms with van der Waals surface area (Å²) in [7, 11) is 0. The number of aromatic nitrogens is 2. The molecule has 4 rings (SSSR count). The van der Waals surface area contributed by atoms with E-state index in [1.165, 1.54) is 6.07 Å². The van der Waals surface area contributed by atoms with Crippen molar-refractivity contribution in [3.8, 4) is 17.3 Å². The van der Waals surface area contributed by atoms with Crippen LogP contribution < -0.4 is 0 Å². The Morgan fingerprint density at radius 2 is 1.74 bits per heavy atom. The zero-order chi connectivity index (χ0) is 18.8. The van der Waals surface area contributed by atoms with Gasteiger partial charge in [0.1, 0.15) is 23.1 Å². The first-order chi connectivity index (χ1) is 13.2. The molecule has 0 saturated carbocycles. The molecule has 2 aromatic heterocycles. The largest absolute Gasteiger partial charge is 0.283 e. The van der Waals surface area contributed by atoms with Crippen molar-refractivity contribution in [2.24, 2.45) is 10.2 Å². The highest BCUT2D eigenvalue weighted by Crippen LogP contribution is 2.33. The van der Waals surface area contributed by atoms with Crippen LogP contribution in [-0.2, 0) is 0 Å². The van der Waals surface area contributed by atoms with Crippen LogP contribution >= 0.6 is 0 Å². The Morgan fingerprint density at radius 1 is 0.926 bits per heavy atom. The number of nitriles is 1. The summed E-state index contributed by atoms with van der Waals surface area (Å²) >= 11 is 0. The average molecular weight is 359 g/mol. The van der Waals surface area contributed by atoms with Crippen molar-refractivity contribution in [1.29, 1.82) is 5.26 Å². The van der Waals surface area contributed by atoms with Crippen LogP contribution in [0.15, 0.2) is 77.1 Å². The fourth-order valence-electron chi connectivity index (χ4n) is 2.67. The van der Waals surface area contributed by atoms with Gasteiger partial charge >= 0.3 is 0 Å². The van der Waals surface area contributed by atoms with Crippen LogP contribution in [-0.4, -0.2) is 9.38 Å². The Kier molecular flexibility index (Phi) is 4.15. The molecule has 0 N–H and O–H groups in total. The zero-order valence-corrected chi connectivity index (χ0v) is 13.8. The molecule has 0 aliphatic rings. The predicted octanol–water partition coefficient (Wildman–Crippen LogP) is 5.57. The van der Waals surface area contributed by atoms with Crippen LogP contribution in [0.2, 0.25) is 0 Å². The lowest BCUT2D eigenvalue weighted by Crippen LogP contribution is -1.86. The standard InChI is InChI=1S/C20H11F2N5/c21-15-9-8-13(11-16(15)22)19-20(27-10-4-3-7-18(27)24-19)26-25-17-6-2-1-5-14(17)12-23/h1-11H. The zero-order valence-electron chi connectivity index (χ0n) is 13.8. The number of nitrogens with zero attached hydrogens (tertiary/aromatic N) is 5. The molecule has 0 amide bonds. The average Bonchev–Trinajstić information content (AvgIpc) is 3.07. The molecule has 27 heavy (non-hydrogen) atoms.